The van der Waals surface area contributed by atoms with Crippen LogP contribution in [0.1, 0.15) is 19.4 Å². The maximum absolute atomic E-state index is 12.1. The van der Waals surface area contributed by atoms with Gasteiger partial charge in [0.05, 0.1) is 5.70 Å². The van der Waals surface area contributed by atoms with Crippen molar-refractivity contribution in [3.63, 3.8) is 0 Å². The van der Waals surface area contributed by atoms with E-state index in [1.807, 2.05) is 44.2 Å². The van der Waals surface area contributed by atoms with Crippen LogP contribution < -0.4 is 5.84 Å². The fourth-order valence-corrected chi connectivity index (χ4v) is 2.33. The molecule has 0 saturated carbocycles. The minimum Gasteiger partial charge on any atom is -0.460 e. The number of β-lactam (4-membered cyclic amide) rings is 1. The fourth-order valence-electron chi connectivity index (χ4n) is 2.09. The summed E-state index contributed by atoms with van der Waals surface area (Å²) in [5.41, 5.74) is 2.24. The lowest BCUT2D eigenvalue weighted by molar-refractivity contribution is -0.162. The van der Waals surface area contributed by atoms with Crippen LogP contribution in [0.25, 0.3) is 0 Å². The first-order valence-electron chi connectivity index (χ1n) is 6.57. The quantitative estimate of drug-likeness (QED) is 0.225. The molecule has 1 amide bonds. The van der Waals surface area contributed by atoms with Crippen molar-refractivity contribution in [2.45, 2.75) is 25.3 Å². The highest BCUT2D eigenvalue weighted by molar-refractivity contribution is 9.09. The summed E-state index contributed by atoms with van der Waals surface area (Å²) in [5, 5.41) is 1.02. The summed E-state index contributed by atoms with van der Waals surface area (Å²) in [5.74, 6) is 3.72. The standard InChI is InChI=1S/C15H17BrN2O3/c1-9(10(2)16)13-12(14(19)18(13)17)15(20)21-8-11-6-4-3-5-7-11/h3-7,10,12H,8,17H2,1-2H3. The van der Waals surface area contributed by atoms with Crippen molar-refractivity contribution in [2.24, 2.45) is 11.8 Å². The molecule has 1 aliphatic heterocycles. The zero-order valence-corrected chi connectivity index (χ0v) is 13.5. The second-order valence-electron chi connectivity index (χ2n) is 4.92. The van der Waals surface area contributed by atoms with Crippen LogP contribution in [0.2, 0.25) is 0 Å². The summed E-state index contributed by atoms with van der Waals surface area (Å²) in [4.78, 5) is 23.9. The van der Waals surface area contributed by atoms with E-state index in [9.17, 15) is 9.59 Å². The average Bonchev–Trinajstić information content (AvgIpc) is 2.49. The van der Waals surface area contributed by atoms with Gasteiger partial charge in [0.25, 0.3) is 5.91 Å². The normalized spacial score (nSPS) is 21.6. The van der Waals surface area contributed by atoms with Crippen LogP contribution in [0, 0.1) is 5.92 Å². The molecule has 2 atom stereocenters. The van der Waals surface area contributed by atoms with E-state index in [0.29, 0.717) is 5.70 Å². The van der Waals surface area contributed by atoms with Gasteiger partial charge in [0.2, 0.25) is 0 Å². The van der Waals surface area contributed by atoms with Crippen molar-refractivity contribution in [3.8, 4) is 0 Å². The van der Waals surface area contributed by atoms with Gasteiger partial charge in [-0.05, 0) is 25.0 Å². The maximum atomic E-state index is 12.1. The van der Waals surface area contributed by atoms with Gasteiger partial charge >= 0.3 is 5.97 Å². The van der Waals surface area contributed by atoms with Crippen molar-refractivity contribution in [1.82, 2.24) is 5.01 Å². The molecule has 1 aromatic carbocycles. The van der Waals surface area contributed by atoms with E-state index in [-0.39, 0.29) is 11.4 Å². The monoisotopic (exact) mass is 352 g/mol. The number of carbonyl (C=O) groups is 2. The van der Waals surface area contributed by atoms with Crippen LogP contribution in [0.3, 0.4) is 0 Å². The molecule has 0 aliphatic carbocycles. The van der Waals surface area contributed by atoms with Crippen molar-refractivity contribution < 1.29 is 14.3 Å². The predicted molar refractivity (Wildman–Crippen MR) is 81.9 cm³/mol. The molecule has 1 saturated heterocycles. The number of amides is 1. The molecular weight excluding hydrogens is 336 g/mol. The number of nitrogens with zero attached hydrogens (tertiary/aromatic N) is 1. The highest BCUT2D eigenvalue weighted by Crippen LogP contribution is 2.34. The number of allylic oxidation sites excluding steroid dienone is 1. The van der Waals surface area contributed by atoms with Crippen molar-refractivity contribution in [2.75, 3.05) is 0 Å². The second-order valence-corrected chi connectivity index (χ2v) is 6.29. The lowest BCUT2D eigenvalue weighted by atomic mass is 9.90. The summed E-state index contributed by atoms with van der Waals surface area (Å²) in [7, 11) is 0. The molecular formula is C15H17BrN2O3. The molecule has 5 nitrogen and oxygen atoms in total. The molecule has 0 aromatic heterocycles. The van der Waals surface area contributed by atoms with Gasteiger partial charge in [0, 0.05) is 4.83 Å². The average molecular weight is 353 g/mol. The molecule has 1 aliphatic rings. The second kappa shape index (κ2) is 6.41. The van der Waals surface area contributed by atoms with E-state index in [0.717, 1.165) is 16.1 Å². The molecule has 1 heterocycles. The molecule has 112 valence electrons. The third-order valence-corrected chi connectivity index (χ3v) is 4.16. The fraction of sp³-hybridized carbons (Fsp3) is 0.333. The largest absolute Gasteiger partial charge is 0.460 e. The Balaban J connectivity index is 2.08. The number of hydrogen-bond acceptors (Lipinski definition) is 4. The number of carbonyl (C=O) groups excluding carboxylic acids is 2. The summed E-state index contributed by atoms with van der Waals surface area (Å²) < 4.78 is 5.22. The molecule has 2 unspecified atom stereocenters. The highest BCUT2D eigenvalue weighted by atomic mass is 79.9. The molecule has 0 radical (unpaired) electrons. The Morgan fingerprint density at radius 1 is 1.43 bits per heavy atom. The van der Waals surface area contributed by atoms with Gasteiger partial charge in [-0.15, -0.1) is 0 Å². The number of hydrogen-bond donors (Lipinski definition) is 1. The molecule has 1 fully saturated rings. The van der Waals surface area contributed by atoms with Gasteiger partial charge in [-0.1, -0.05) is 46.3 Å². The van der Waals surface area contributed by atoms with Crippen molar-refractivity contribution in [1.29, 1.82) is 0 Å². The Kier molecular flexibility index (Phi) is 4.80. The van der Waals surface area contributed by atoms with Gasteiger partial charge in [-0.3, -0.25) is 9.59 Å². The Morgan fingerprint density at radius 3 is 2.62 bits per heavy atom. The lowest BCUT2D eigenvalue weighted by Gasteiger charge is -2.38. The van der Waals surface area contributed by atoms with Gasteiger partial charge < -0.3 is 4.74 Å². The smallest absolute Gasteiger partial charge is 0.325 e. The first-order valence-corrected chi connectivity index (χ1v) is 7.49. The summed E-state index contributed by atoms with van der Waals surface area (Å²) in [6.07, 6.45) is 0. The van der Waals surface area contributed by atoms with Crippen LogP contribution >= 0.6 is 15.9 Å². The van der Waals surface area contributed by atoms with E-state index < -0.39 is 17.8 Å². The van der Waals surface area contributed by atoms with Crippen LogP contribution in [0.4, 0.5) is 0 Å². The number of esters is 1. The van der Waals surface area contributed by atoms with Crippen LogP contribution in [0.15, 0.2) is 41.6 Å². The maximum Gasteiger partial charge on any atom is 0.325 e. The molecule has 1 aromatic rings. The third kappa shape index (κ3) is 3.16. The number of rotatable bonds is 4. The molecule has 2 N–H and O–H groups in total. The summed E-state index contributed by atoms with van der Waals surface area (Å²) in [6, 6.07) is 9.32. The first-order chi connectivity index (χ1) is 9.93. The molecule has 0 bridgehead atoms. The zero-order chi connectivity index (χ0) is 15.6. The minimum absolute atomic E-state index is 0.0241. The molecule has 21 heavy (non-hydrogen) atoms. The Labute approximate surface area is 131 Å². The van der Waals surface area contributed by atoms with Crippen LogP contribution in [-0.4, -0.2) is 21.7 Å². The van der Waals surface area contributed by atoms with E-state index in [1.54, 1.807) is 0 Å². The molecule has 0 spiro atoms. The van der Waals surface area contributed by atoms with Crippen molar-refractivity contribution >= 4 is 27.8 Å². The Morgan fingerprint density at radius 2 is 2.05 bits per heavy atom. The summed E-state index contributed by atoms with van der Waals surface area (Å²) in [6.45, 7) is 3.88. The van der Waals surface area contributed by atoms with E-state index >= 15 is 0 Å². The van der Waals surface area contributed by atoms with Gasteiger partial charge in [0.1, 0.15) is 6.61 Å². The Bertz CT molecular complexity index is 584. The number of benzene rings is 1. The SMILES string of the molecule is CC(=C1C(C(=O)OCc2ccccc2)C(=O)N1N)C(C)Br. The van der Waals surface area contributed by atoms with Gasteiger partial charge in [-0.25, -0.2) is 10.9 Å². The van der Waals surface area contributed by atoms with Crippen molar-refractivity contribution in [3.05, 3.63) is 47.2 Å². The zero-order valence-electron chi connectivity index (χ0n) is 11.9. The summed E-state index contributed by atoms with van der Waals surface area (Å²) >= 11 is 3.41. The third-order valence-electron chi connectivity index (χ3n) is 3.48. The lowest BCUT2D eigenvalue weighted by Crippen LogP contribution is -2.58. The van der Waals surface area contributed by atoms with Crippen LogP contribution in [-0.2, 0) is 20.9 Å². The number of nitrogens with two attached hydrogens (primary N) is 1. The van der Waals surface area contributed by atoms with E-state index in [4.69, 9.17) is 10.6 Å². The highest BCUT2D eigenvalue weighted by Gasteiger charge is 2.48. The van der Waals surface area contributed by atoms with E-state index in [2.05, 4.69) is 15.9 Å². The number of hydrazine groups is 1. The van der Waals surface area contributed by atoms with Gasteiger partial charge in [-0.2, -0.15) is 0 Å². The minimum atomic E-state index is -0.918. The number of alkyl halides is 1. The van der Waals surface area contributed by atoms with Gasteiger partial charge in [0.15, 0.2) is 5.92 Å². The topological polar surface area (TPSA) is 72.6 Å². The number of halogens is 1. The van der Waals surface area contributed by atoms with Crippen LogP contribution in [0.5, 0.6) is 0 Å². The Hall–Kier alpha value is -1.66. The van der Waals surface area contributed by atoms with E-state index in [1.165, 1.54) is 0 Å². The number of ether oxygens (including phenoxy) is 1. The predicted octanol–water partition coefficient (Wildman–Crippen LogP) is 2.12. The molecule has 6 heteroatoms. The molecule has 2 rings (SSSR count). The first kappa shape index (κ1) is 15.7.